The minimum absolute atomic E-state index is 0.267. The van der Waals surface area contributed by atoms with Crippen LogP contribution in [0.4, 0.5) is 0 Å². The van der Waals surface area contributed by atoms with Crippen molar-refractivity contribution in [1.82, 2.24) is 30.0 Å². The van der Waals surface area contributed by atoms with Gasteiger partial charge >= 0.3 is 0 Å². The summed E-state index contributed by atoms with van der Waals surface area (Å²) in [6, 6.07) is 8.99. The largest absolute Gasteiger partial charge is 0.463 e. The van der Waals surface area contributed by atoms with Crippen LogP contribution < -0.4 is 5.32 Å². The van der Waals surface area contributed by atoms with Crippen LogP contribution in [0, 0.1) is 6.92 Å². The lowest BCUT2D eigenvalue weighted by Crippen LogP contribution is -2.23. The third-order valence-electron chi connectivity index (χ3n) is 3.93. The zero-order valence-electron chi connectivity index (χ0n) is 14.0. The Morgan fingerprint density at radius 3 is 2.96 bits per heavy atom. The van der Waals surface area contributed by atoms with Crippen LogP contribution in [0.5, 0.6) is 0 Å². The van der Waals surface area contributed by atoms with Gasteiger partial charge in [-0.1, -0.05) is 0 Å². The molecule has 0 aliphatic heterocycles. The number of nitrogens with zero attached hydrogens (tertiary/aromatic N) is 4. The molecular formula is C18H16N6O2. The fraction of sp³-hybridized carbons (Fsp3) is 0.111. The third-order valence-corrected chi connectivity index (χ3v) is 3.93. The molecule has 0 radical (unpaired) electrons. The number of pyridine rings is 1. The fourth-order valence-corrected chi connectivity index (χ4v) is 2.59. The minimum atomic E-state index is -0.267. The van der Waals surface area contributed by atoms with E-state index in [1.165, 1.54) is 0 Å². The number of aromatic amines is 1. The molecule has 4 heterocycles. The second-order valence-corrected chi connectivity index (χ2v) is 5.69. The Kier molecular flexibility index (Phi) is 4.06. The molecule has 4 rings (SSSR count). The monoisotopic (exact) mass is 348 g/mol. The Labute approximate surface area is 148 Å². The average molecular weight is 348 g/mol. The highest BCUT2D eigenvalue weighted by Gasteiger charge is 2.12. The van der Waals surface area contributed by atoms with Crippen molar-refractivity contribution in [2.45, 2.75) is 13.5 Å². The van der Waals surface area contributed by atoms with Gasteiger partial charge in [-0.05, 0) is 36.8 Å². The summed E-state index contributed by atoms with van der Waals surface area (Å²) in [6.07, 6.45) is 6.85. The fourth-order valence-electron chi connectivity index (χ4n) is 2.59. The Hall–Kier alpha value is -3.68. The predicted octanol–water partition coefficient (Wildman–Crippen LogP) is 2.49. The van der Waals surface area contributed by atoms with Gasteiger partial charge in [0.15, 0.2) is 11.5 Å². The van der Waals surface area contributed by atoms with Crippen molar-refractivity contribution in [2.24, 2.45) is 0 Å². The molecule has 0 atom stereocenters. The van der Waals surface area contributed by atoms with Gasteiger partial charge in [0.1, 0.15) is 17.3 Å². The number of aryl methyl sites for hydroxylation is 1. The van der Waals surface area contributed by atoms with E-state index in [4.69, 9.17) is 4.42 Å². The van der Waals surface area contributed by atoms with Gasteiger partial charge in [-0.2, -0.15) is 5.10 Å². The summed E-state index contributed by atoms with van der Waals surface area (Å²) in [6.45, 7) is 2.27. The SMILES string of the molecule is Cc1nccn1-c1cc(CNC(=O)c2cc(-c3ccco3)[nH]n2)ccn1. The summed E-state index contributed by atoms with van der Waals surface area (Å²) in [7, 11) is 0. The molecule has 8 nitrogen and oxygen atoms in total. The van der Waals surface area contributed by atoms with Crippen molar-refractivity contribution >= 4 is 5.91 Å². The second-order valence-electron chi connectivity index (χ2n) is 5.69. The van der Waals surface area contributed by atoms with Gasteiger partial charge in [0.25, 0.3) is 5.91 Å². The molecule has 26 heavy (non-hydrogen) atoms. The highest BCUT2D eigenvalue weighted by atomic mass is 16.3. The molecule has 0 aliphatic rings. The van der Waals surface area contributed by atoms with Crippen LogP contribution in [0.3, 0.4) is 0 Å². The highest BCUT2D eigenvalue weighted by Crippen LogP contribution is 2.17. The van der Waals surface area contributed by atoms with Crippen LogP contribution >= 0.6 is 0 Å². The van der Waals surface area contributed by atoms with E-state index < -0.39 is 0 Å². The number of rotatable bonds is 5. The van der Waals surface area contributed by atoms with Crippen molar-refractivity contribution < 1.29 is 9.21 Å². The number of furan rings is 1. The van der Waals surface area contributed by atoms with Crippen molar-refractivity contribution in [2.75, 3.05) is 0 Å². The topological polar surface area (TPSA) is 102 Å². The number of hydrogen-bond donors (Lipinski definition) is 2. The summed E-state index contributed by atoms with van der Waals surface area (Å²) in [5.74, 6) is 1.97. The Bertz CT molecular complexity index is 1030. The summed E-state index contributed by atoms with van der Waals surface area (Å²) in [4.78, 5) is 20.8. The first-order valence-electron chi connectivity index (χ1n) is 8.03. The van der Waals surface area contributed by atoms with Gasteiger partial charge in [0.05, 0.1) is 6.26 Å². The van der Waals surface area contributed by atoms with Gasteiger partial charge < -0.3 is 9.73 Å². The van der Waals surface area contributed by atoms with E-state index in [0.717, 1.165) is 17.2 Å². The summed E-state index contributed by atoms with van der Waals surface area (Å²) in [5.41, 5.74) is 1.89. The molecule has 4 aromatic rings. The molecule has 2 N–H and O–H groups in total. The van der Waals surface area contributed by atoms with E-state index in [1.807, 2.05) is 29.8 Å². The maximum Gasteiger partial charge on any atom is 0.272 e. The van der Waals surface area contributed by atoms with E-state index in [2.05, 4.69) is 25.5 Å². The molecule has 130 valence electrons. The number of carbonyl (C=O) groups is 1. The lowest BCUT2D eigenvalue weighted by atomic mass is 10.2. The van der Waals surface area contributed by atoms with Crippen molar-refractivity contribution in [3.05, 3.63) is 72.3 Å². The maximum absolute atomic E-state index is 12.3. The lowest BCUT2D eigenvalue weighted by molar-refractivity contribution is 0.0946. The molecule has 0 saturated heterocycles. The molecule has 0 aromatic carbocycles. The number of nitrogens with one attached hydrogen (secondary N) is 2. The first-order chi connectivity index (χ1) is 12.7. The molecule has 0 saturated carbocycles. The quantitative estimate of drug-likeness (QED) is 0.577. The number of imidazole rings is 1. The molecule has 4 aromatic heterocycles. The van der Waals surface area contributed by atoms with Crippen LogP contribution in [0.15, 0.2) is 59.6 Å². The van der Waals surface area contributed by atoms with Crippen LogP contribution in [-0.4, -0.2) is 30.6 Å². The van der Waals surface area contributed by atoms with Crippen LogP contribution in [0.1, 0.15) is 21.9 Å². The third kappa shape index (κ3) is 3.12. The number of aromatic nitrogens is 5. The van der Waals surface area contributed by atoms with E-state index in [0.29, 0.717) is 23.7 Å². The zero-order chi connectivity index (χ0) is 17.9. The van der Waals surface area contributed by atoms with Crippen LogP contribution in [0.2, 0.25) is 0 Å². The first kappa shape index (κ1) is 15.8. The standard InChI is InChI=1S/C18H16N6O2/c1-12-19-6-7-24(12)17-9-13(4-5-20-17)11-21-18(25)15-10-14(22-23-15)16-3-2-8-26-16/h2-10H,11H2,1H3,(H,21,25)(H,22,23). The van der Waals surface area contributed by atoms with Gasteiger partial charge in [0, 0.05) is 31.2 Å². The summed E-state index contributed by atoms with van der Waals surface area (Å²) >= 11 is 0. The van der Waals surface area contributed by atoms with Crippen LogP contribution in [0.25, 0.3) is 17.3 Å². The minimum Gasteiger partial charge on any atom is -0.463 e. The molecule has 8 heteroatoms. The zero-order valence-corrected chi connectivity index (χ0v) is 14.0. The van der Waals surface area contributed by atoms with E-state index in [1.54, 1.807) is 36.9 Å². The number of hydrogen-bond acceptors (Lipinski definition) is 5. The van der Waals surface area contributed by atoms with Crippen molar-refractivity contribution in [3.8, 4) is 17.3 Å². The highest BCUT2D eigenvalue weighted by molar-refractivity contribution is 5.93. The molecular weight excluding hydrogens is 332 g/mol. The predicted molar refractivity (Wildman–Crippen MR) is 93.6 cm³/mol. The Morgan fingerprint density at radius 2 is 2.19 bits per heavy atom. The molecule has 0 fully saturated rings. The molecule has 0 bridgehead atoms. The van der Waals surface area contributed by atoms with E-state index in [-0.39, 0.29) is 5.91 Å². The smallest absolute Gasteiger partial charge is 0.272 e. The van der Waals surface area contributed by atoms with Gasteiger partial charge in [-0.15, -0.1) is 0 Å². The molecule has 0 aliphatic carbocycles. The lowest BCUT2D eigenvalue weighted by Gasteiger charge is -2.07. The van der Waals surface area contributed by atoms with E-state index >= 15 is 0 Å². The first-order valence-corrected chi connectivity index (χ1v) is 8.03. The number of carbonyl (C=O) groups excluding carboxylic acids is 1. The number of amides is 1. The van der Waals surface area contributed by atoms with Gasteiger partial charge in [-0.25, -0.2) is 9.97 Å². The van der Waals surface area contributed by atoms with Gasteiger partial charge in [-0.3, -0.25) is 14.5 Å². The molecule has 0 unspecified atom stereocenters. The second kappa shape index (κ2) is 6.67. The average Bonchev–Trinajstić information content (AvgIpc) is 3.40. The van der Waals surface area contributed by atoms with Crippen LogP contribution in [-0.2, 0) is 6.54 Å². The van der Waals surface area contributed by atoms with Crippen molar-refractivity contribution in [1.29, 1.82) is 0 Å². The molecule has 1 amide bonds. The Balaban J connectivity index is 1.44. The maximum atomic E-state index is 12.3. The Morgan fingerprint density at radius 1 is 1.27 bits per heavy atom. The number of H-pyrrole nitrogens is 1. The van der Waals surface area contributed by atoms with E-state index in [9.17, 15) is 4.79 Å². The van der Waals surface area contributed by atoms with Gasteiger partial charge in [0.2, 0.25) is 0 Å². The molecule has 0 spiro atoms. The van der Waals surface area contributed by atoms with Crippen molar-refractivity contribution in [3.63, 3.8) is 0 Å². The summed E-state index contributed by atoms with van der Waals surface area (Å²) < 4.78 is 7.17. The normalized spacial score (nSPS) is 10.8. The summed E-state index contributed by atoms with van der Waals surface area (Å²) in [5, 5.41) is 9.68.